The molecule has 0 aliphatic heterocycles. The first-order chi connectivity index (χ1) is 3.43. The summed E-state index contributed by atoms with van der Waals surface area (Å²) in [6, 6.07) is 1.60. The summed E-state index contributed by atoms with van der Waals surface area (Å²) in [7, 11) is 1.46. The first-order valence-electron chi connectivity index (χ1n) is 1.92. The molecule has 0 spiro atoms. The van der Waals surface area contributed by atoms with Crippen LogP contribution >= 0.6 is 0 Å². The molecule has 34 valence electrons. The Hall–Kier alpha value is -0.855. The van der Waals surface area contributed by atoms with E-state index in [4.69, 9.17) is 0 Å². The quantitative estimate of drug-likeness (QED) is 0.472. The Balaban J connectivity index is 2.96. The zero-order valence-corrected chi connectivity index (χ0v) is 3.63. The third kappa shape index (κ3) is 0.767. The molecule has 0 aliphatic carbocycles. The Morgan fingerprint density at radius 2 is 2.71 bits per heavy atom. The minimum absolute atomic E-state index is 0.375. The average Bonchev–Trinajstić information content (AvgIpc) is 2.14. The van der Waals surface area contributed by atoms with E-state index in [0.29, 0.717) is 12.0 Å². The predicted molar refractivity (Wildman–Crippen MR) is 25.4 cm³/mol. The predicted octanol–water partition coefficient (Wildman–Crippen LogP) is 0.430. The van der Waals surface area contributed by atoms with Gasteiger partial charge in [-0.05, 0) is 0 Å². The molecule has 0 bridgehead atoms. The number of carbonyl (C=O) groups is 1. The third-order valence-electron chi connectivity index (χ3n) is 0.659. The van der Waals surface area contributed by atoms with Crippen molar-refractivity contribution in [2.75, 3.05) is 0 Å². The van der Waals surface area contributed by atoms with Crippen LogP contribution in [-0.4, -0.2) is 13.4 Å². The van der Waals surface area contributed by atoms with E-state index in [1.165, 1.54) is 7.13 Å². The van der Waals surface area contributed by atoms with Crippen LogP contribution in [0.1, 0.15) is 10.6 Å². The van der Waals surface area contributed by atoms with Crippen LogP contribution in [0, 0.1) is 0 Å². The van der Waals surface area contributed by atoms with Gasteiger partial charge in [0.05, 0.1) is 0 Å². The van der Waals surface area contributed by atoms with E-state index in [2.05, 4.69) is 4.33 Å². The number of hydrogen-bond donors (Lipinski definition) is 0. The van der Waals surface area contributed by atoms with Gasteiger partial charge < -0.3 is 0 Å². The topological polar surface area (TPSA) is 30.2 Å². The first-order valence-corrected chi connectivity index (χ1v) is 1.92. The summed E-state index contributed by atoms with van der Waals surface area (Å²) in [5, 5.41) is 0. The first kappa shape index (κ1) is 4.31. The Bertz CT molecular complexity index is 145. The van der Waals surface area contributed by atoms with Crippen molar-refractivity contribution in [2.24, 2.45) is 0 Å². The fourth-order valence-electron chi connectivity index (χ4n) is 0.358. The maximum atomic E-state index is 9.77. The fourth-order valence-corrected chi connectivity index (χ4v) is 0.358. The summed E-state index contributed by atoms with van der Waals surface area (Å²) in [6.45, 7) is 0. The molecule has 0 fully saturated rings. The van der Waals surface area contributed by atoms with Gasteiger partial charge in [-0.2, -0.15) is 0 Å². The molecule has 2 nitrogen and oxygen atoms in total. The molecule has 0 N–H and O–H groups in total. The molecule has 0 unspecified atom stereocenters. The van der Waals surface area contributed by atoms with Crippen molar-refractivity contribution in [3.8, 4) is 0 Å². The summed E-state index contributed by atoms with van der Waals surface area (Å²) in [6.07, 6.45) is 0.667. The monoisotopic (exact) mass is 94.0 g/mol. The van der Waals surface area contributed by atoms with E-state index in [9.17, 15) is 4.79 Å². The molecule has 0 aromatic carbocycles. The molecule has 0 radical (unpaired) electrons. The molecule has 0 atom stereocenters. The van der Waals surface area contributed by atoms with E-state index < -0.39 is 0 Å². The van der Waals surface area contributed by atoms with Gasteiger partial charge in [-0.15, -0.1) is 0 Å². The second kappa shape index (κ2) is 1.73. The van der Waals surface area contributed by atoms with Gasteiger partial charge in [-0.25, -0.2) is 0 Å². The molecule has 1 heterocycles. The minimum atomic E-state index is 0.375. The second-order valence-corrected chi connectivity index (χ2v) is 1.13. The van der Waals surface area contributed by atoms with Gasteiger partial charge in [-0.3, -0.25) is 0 Å². The number of aldehydes is 1. The maximum absolute atomic E-state index is 9.77. The Labute approximate surface area is 41.4 Å². The van der Waals surface area contributed by atoms with Crippen LogP contribution in [0.3, 0.4) is 0 Å². The summed E-state index contributed by atoms with van der Waals surface area (Å²) >= 11 is 0. The van der Waals surface area contributed by atoms with Crippen LogP contribution in [-0.2, 0) is 0 Å². The molecule has 3 heteroatoms. The van der Waals surface area contributed by atoms with Gasteiger partial charge in [0.15, 0.2) is 0 Å². The van der Waals surface area contributed by atoms with E-state index in [1.54, 1.807) is 12.0 Å². The van der Waals surface area contributed by atoms with Gasteiger partial charge in [0.25, 0.3) is 0 Å². The van der Waals surface area contributed by atoms with Crippen molar-refractivity contribution in [1.82, 2.24) is 0 Å². The molecule has 0 aliphatic rings. The van der Waals surface area contributed by atoms with Crippen molar-refractivity contribution in [1.29, 1.82) is 0 Å². The van der Waals surface area contributed by atoms with E-state index in [-0.39, 0.29) is 0 Å². The van der Waals surface area contributed by atoms with Crippen molar-refractivity contribution in [2.45, 2.75) is 0 Å². The third-order valence-corrected chi connectivity index (χ3v) is 0.659. The number of carbonyl (C=O) groups excluding carboxylic acids is 1. The molecule has 1 aromatic heterocycles. The summed E-state index contributed by atoms with van der Waals surface area (Å²) in [5.41, 5.74) is 0. The van der Waals surface area contributed by atoms with E-state index in [0.717, 1.165) is 0 Å². The normalized spacial score (nSPS) is 8.00. The zero-order valence-electron chi connectivity index (χ0n) is 3.63. The van der Waals surface area contributed by atoms with E-state index >= 15 is 0 Å². The van der Waals surface area contributed by atoms with Gasteiger partial charge in [0.1, 0.15) is 0 Å². The van der Waals surface area contributed by atoms with Gasteiger partial charge in [0, 0.05) is 0 Å². The van der Waals surface area contributed by atoms with Crippen LogP contribution in [0.5, 0.6) is 0 Å². The second-order valence-electron chi connectivity index (χ2n) is 1.13. The van der Waals surface area contributed by atoms with Crippen LogP contribution in [0.2, 0.25) is 0 Å². The van der Waals surface area contributed by atoms with Crippen molar-refractivity contribution < 1.29 is 9.13 Å². The number of rotatable bonds is 1. The van der Waals surface area contributed by atoms with Crippen molar-refractivity contribution >= 4 is 13.4 Å². The molecule has 7 heavy (non-hydrogen) atoms. The SMILES string of the molecule is O=Cc1ccbo1. The Kier molecular flexibility index (Phi) is 1.07. The van der Waals surface area contributed by atoms with E-state index in [1.807, 2.05) is 0 Å². The fraction of sp³-hybridized carbons (Fsp3) is 0. The van der Waals surface area contributed by atoms with Crippen LogP contribution in [0.4, 0.5) is 0 Å². The van der Waals surface area contributed by atoms with Gasteiger partial charge in [-0.1, -0.05) is 0 Å². The van der Waals surface area contributed by atoms with Gasteiger partial charge >= 0.3 is 40.3 Å². The molecule has 1 rings (SSSR count). The average molecular weight is 93.9 g/mol. The summed E-state index contributed by atoms with van der Waals surface area (Å²) < 4.78 is 4.61. The van der Waals surface area contributed by atoms with Crippen LogP contribution in [0.15, 0.2) is 16.4 Å². The molecule has 1 aromatic rings. The molecular weight excluding hydrogens is 90.9 g/mol. The Morgan fingerprint density at radius 1 is 1.86 bits per heavy atom. The molecular formula is C4H3BO2. The zero-order chi connectivity index (χ0) is 5.11. The summed E-state index contributed by atoms with van der Waals surface area (Å²) in [4.78, 5) is 9.77. The summed E-state index contributed by atoms with van der Waals surface area (Å²) in [5.74, 6) is 2.05. The van der Waals surface area contributed by atoms with Crippen molar-refractivity contribution in [3.05, 3.63) is 17.8 Å². The molecule has 0 saturated carbocycles. The Morgan fingerprint density at radius 3 is 3.00 bits per heavy atom. The number of hydrogen-bond acceptors (Lipinski definition) is 2. The van der Waals surface area contributed by atoms with Crippen molar-refractivity contribution in [3.63, 3.8) is 0 Å². The molecule has 0 amide bonds. The van der Waals surface area contributed by atoms with Crippen LogP contribution in [0.25, 0.3) is 0 Å². The van der Waals surface area contributed by atoms with Gasteiger partial charge in [0.2, 0.25) is 0 Å². The van der Waals surface area contributed by atoms with Crippen LogP contribution < -0.4 is 0 Å². The molecule has 0 saturated heterocycles. The standard InChI is InChI=1S/C4H3BO2/c6-3-4-1-2-5-7-4/h1-3H.